The third-order valence-electron chi connectivity index (χ3n) is 5.16. The van der Waals surface area contributed by atoms with Gasteiger partial charge in [-0.1, -0.05) is 20.8 Å². The third-order valence-corrected chi connectivity index (χ3v) is 6.19. The number of hydrogen-bond acceptors (Lipinski definition) is 5. The second kappa shape index (κ2) is 6.85. The van der Waals surface area contributed by atoms with Gasteiger partial charge in [0.1, 0.15) is 4.83 Å². The predicted molar refractivity (Wildman–Crippen MR) is 115 cm³/mol. The lowest BCUT2D eigenvalue weighted by molar-refractivity contribution is 0.0934. The number of carbonyl (C=O) groups is 1. The molecule has 0 unspecified atom stereocenters. The molecule has 6 heteroatoms. The van der Waals surface area contributed by atoms with Gasteiger partial charge in [-0.05, 0) is 43.7 Å². The molecule has 0 aromatic carbocycles. The summed E-state index contributed by atoms with van der Waals surface area (Å²) in [6, 6.07) is 8.39. The summed E-state index contributed by atoms with van der Waals surface area (Å²) >= 11 is 1.46. The standard InChI is InChI=1S/C22H26N4OS/c1-13-8-14(2)24-21-17(13)9-18(28-21)20(27)25-15-11-26(12-15)16-6-7-19(23-10-16)22(3,4)5/h6-10,15H,11-12H2,1-5H3,(H,25,27). The zero-order valence-electron chi connectivity index (χ0n) is 17.0. The highest BCUT2D eigenvalue weighted by Crippen LogP contribution is 2.28. The van der Waals surface area contributed by atoms with Crippen LogP contribution in [0.5, 0.6) is 0 Å². The van der Waals surface area contributed by atoms with Crippen LogP contribution in [0.3, 0.4) is 0 Å². The molecule has 0 aliphatic carbocycles. The van der Waals surface area contributed by atoms with Crippen LogP contribution in [-0.2, 0) is 5.41 Å². The number of amides is 1. The summed E-state index contributed by atoms with van der Waals surface area (Å²) in [6.45, 7) is 12.2. The van der Waals surface area contributed by atoms with E-state index in [-0.39, 0.29) is 17.4 Å². The topological polar surface area (TPSA) is 58.1 Å². The van der Waals surface area contributed by atoms with Crippen molar-refractivity contribution in [1.29, 1.82) is 0 Å². The van der Waals surface area contributed by atoms with Crippen molar-refractivity contribution >= 4 is 33.1 Å². The number of carbonyl (C=O) groups excluding carboxylic acids is 1. The Morgan fingerprint density at radius 1 is 1.21 bits per heavy atom. The van der Waals surface area contributed by atoms with Crippen molar-refractivity contribution in [2.45, 2.75) is 46.1 Å². The quantitative estimate of drug-likeness (QED) is 0.722. The van der Waals surface area contributed by atoms with Gasteiger partial charge in [0.05, 0.1) is 22.8 Å². The molecule has 1 aliphatic heterocycles. The largest absolute Gasteiger partial charge is 0.366 e. The first-order valence-electron chi connectivity index (χ1n) is 9.61. The Bertz CT molecular complexity index is 1030. The fraction of sp³-hybridized carbons (Fsp3) is 0.409. The molecule has 4 heterocycles. The first kappa shape index (κ1) is 18.9. The molecule has 0 radical (unpaired) electrons. The molecular formula is C22H26N4OS. The molecule has 1 N–H and O–H groups in total. The molecule has 0 atom stereocenters. The lowest BCUT2D eigenvalue weighted by Gasteiger charge is -2.41. The van der Waals surface area contributed by atoms with Crippen LogP contribution in [0.2, 0.25) is 0 Å². The van der Waals surface area contributed by atoms with Crippen LogP contribution in [0, 0.1) is 13.8 Å². The lowest BCUT2D eigenvalue weighted by Crippen LogP contribution is -2.59. The number of nitrogens with one attached hydrogen (secondary N) is 1. The van der Waals surface area contributed by atoms with E-state index in [4.69, 9.17) is 0 Å². The van der Waals surface area contributed by atoms with Crippen molar-refractivity contribution in [3.05, 3.63) is 52.3 Å². The first-order valence-corrected chi connectivity index (χ1v) is 10.4. The smallest absolute Gasteiger partial charge is 0.261 e. The van der Waals surface area contributed by atoms with Crippen molar-refractivity contribution < 1.29 is 4.79 Å². The average Bonchev–Trinajstić information content (AvgIpc) is 3.01. The lowest BCUT2D eigenvalue weighted by atomic mass is 9.91. The van der Waals surface area contributed by atoms with Gasteiger partial charge in [0.25, 0.3) is 5.91 Å². The van der Waals surface area contributed by atoms with Gasteiger partial charge in [-0.15, -0.1) is 11.3 Å². The monoisotopic (exact) mass is 394 g/mol. The molecule has 3 aromatic rings. The molecular weight excluding hydrogens is 368 g/mol. The molecule has 0 bridgehead atoms. The predicted octanol–water partition coefficient (Wildman–Crippen LogP) is 4.22. The van der Waals surface area contributed by atoms with E-state index in [1.54, 1.807) is 0 Å². The summed E-state index contributed by atoms with van der Waals surface area (Å²) in [5.74, 6) is -0.00842. The fourth-order valence-corrected chi connectivity index (χ4v) is 4.55. The van der Waals surface area contributed by atoms with E-state index in [1.165, 1.54) is 16.9 Å². The summed E-state index contributed by atoms with van der Waals surface area (Å²) in [4.78, 5) is 25.7. The van der Waals surface area contributed by atoms with Crippen molar-refractivity contribution in [1.82, 2.24) is 15.3 Å². The van der Waals surface area contributed by atoms with Gasteiger partial charge < -0.3 is 10.2 Å². The van der Waals surface area contributed by atoms with E-state index in [2.05, 4.69) is 66.1 Å². The van der Waals surface area contributed by atoms with Crippen LogP contribution in [0.1, 0.15) is 47.4 Å². The molecule has 4 rings (SSSR count). The summed E-state index contributed by atoms with van der Waals surface area (Å²) in [5.41, 5.74) is 4.40. The zero-order valence-corrected chi connectivity index (χ0v) is 17.9. The number of anilines is 1. The Morgan fingerprint density at radius 2 is 1.96 bits per heavy atom. The molecule has 0 spiro atoms. The van der Waals surface area contributed by atoms with Gasteiger partial charge in [0.2, 0.25) is 0 Å². The van der Waals surface area contributed by atoms with Crippen LogP contribution in [0.4, 0.5) is 5.69 Å². The van der Waals surface area contributed by atoms with Crippen LogP contribution in [0.25, 0.3) is 10.2 Å². The summed E-state index contributed by atoms with van der Waals surface area (Å²) in [5, 5.41) is 4.22. The van der Waals surface area contributed by atoms with E-state index in [0.29, 0.717) is 0 Å². The Morgan fingerprint density at radius 3 is 2.61 bits per heavy atom. The molecule has 1 saturated heterocycles. The van der Waals surface area contributed by atoms with Crippen LogP contribution >= 0.6 is 11.3 Å². The van der Waals surface area contributed by atoms with Crippen LogP contribution < -0.4 is 10.2 Å². The maximum atomic E-state index is 12.7. The maximum Gasteiger partial charge on any atom is 0.261 e. The number of nitrogens with zero attached hydrogens (tertiary/aromatic N) is 3. The number of aryl methyl sites for hydroxylation is 2. The van der Waals surface area contributed by atoms with E-state index >= 15 is 0 Å². The highest BCUT2D eigenvalue weighted by Gasteiger charge is 2.29. The van der Waals surface area contributed by atoms with Gasteiger partial charge in [-0.25, -0.2) is 4.98 Å². The van der Waals surface area contributed by atoms with E-state index in [0.717, 1.165) is 45.3 Å². The summed E-state index contributed by atoms with van der Waals surface area (Å²) in [7, 11) is 0. The highest BCUT2D eigenvalue weighted by molar-refractivity contribution is 7.20. The number of thiophene rings is 1. The van der Waals surface area contributed by atoms with Gasteiger partial charge in [0.15, 0.2) is 0 Å². The molecule has 1 fully saturated rings. The summed E-state index contributed by atoms with van der Waals surface area (Å²) in [6.07, 6.45) is 1.93. The average molecular weight is 395 g/mol. The van der Waals surface area contributed by atoms with Gasteiger partial charge >= 0.3 is 0 Å². The molecule has 28 heavy (non-hydrogen) atoms. The van der Waals surface area contributed by atoms with Crippen LogP contribution in [0.15, 0.2) is 30.5 Å². The third kappa shape index (κ3) is 3.61. The minimum absolute atomic E-state index is 0.00842. The number of rotatable bonds is 3. The molecule has 1 aliphatic rings. The SMILES string of the molecule is Cc1cc(C)c2cc(C(=O)NC3CN(c4ccc(C(C)(C)C)nc4)C3)sc2n1. The minimum atomic E-state index is -0.00842. The summed E-state index contributed by atoms with van der Waals surface area (Å²) < 4.78 is 0. The first-order chi connectivity index (χ1) is 13.2. The number of hydrogen-bond donors (Lipinski definition) is 1. The number of pyridine rings is 2. The number of fused-ring (bicyclic) bond motifs is 1. The Balaban J connectivity index is 1.38. The molecule has 1 amide bonds. The van der Waals surface area contributed by atoms with Crippen molar-refractivity contribution in [3.8, 4) is 0 Å². The van der Waals surface area contributed by atoms with Gasteiger partial charge in [-0.2, -0.15) is 0 Å². The normalized spacial score (nSPS) is 15.0. The van der Waals surface area contributed by atoms with E-state index < -0.39 is 0 Å². The van der Waals surface area contributed by atoms with Crippen molar-refractivity contribution in [2.75, 3.05) is 18.0 Å². The maximum absolute atomic E-state index is 12.7. The van der Waals surface area contributed by atoms with E-state index in [1.807, 2.05) is 19.2 Å². The molecule has 146 valence electrons. The fourth-order valence-electron chi connectivity index (χ4n) is 3.50. The Kier molecular flexibility index (Phi) is 4.62. The molecule has 5 nitrogen and oxygen atoms in total. The zero-order chi connectivity index (χ0) is 20.1. The Labute approximate surface area is 169 Å². The Hall–Kier alpha value is -2.47. The second-order valence-electron chi connectivity index (χ2n) is 8.64. The van der Waals surface area contributed by atoms with Crippen molar-refractivity contribution in [3.63, 3.8) is 0 Å². The van der Waals surface area contributed by atoms with Crippen molar-refractivity contribution in [2.24, 2.45) is 0 Å². The second-order valence-corrected chi connectivity index (χ2v) is 9.67. The van der Waals surface area contributed by atoms with Gasteiger partial charge in [0, 0.05) is 35.3 Å². The number of aromatic nitrogens is 2. The molecule has 3 aromatic heterocycles. The minimum Gasteiger partial charge on any atom is -0.366 e. The van der Waals surface area contributed by atoms with Crippen LogP contribution in [-0.4, -0.2) is 35.0 Å². The van der Waals surface area contributed by atoms with Gasteiger partial charge in [-0.3, -0.25) is 9.78 Å². The molecule has 0 saturated carbocycles. The van der Waals surface area contributed by atoms with E-state index in [9.17, 15) is 4.79 Å². The highest BCUT2D eigenvalue weighted by atomic mass is 32.1.